The fourth-order valence-corrected chi connectivity index (χ4v) is 1.51. The van der Waals surface area contributed by atoms with Crippen molar-refractivity contribution in [2.24, 2.45) is 0 Å². The normalized spacial score (nSPS) is 9.83. The monoisotopic (exact) mass is 262 g/mol. The first-order valence-electron chi connectivity index (χ1n) is 5.39. The molecule has 0 aliphatic rings. The summed E-state index contributed by atoms with van der Waals surface area (Å²) in [6, 6.07) is 15.8. The van der Waals surface area contributed by atoms with Gasteiger partial charge >= 0.3 is 5.97 Å². The predicted octanol–water partition coefficient (Wildman–Crippen LogP) is 3.32. The van der Waals surface area contributed by atoms with Gasteiger partial charge in [0.1, 0.15) is 11.5 Å². The number of carbonyl (C=O) groups is 1. The summed E-state index contributed by atoms with van der Waals surface area (Å²) in [5.74, 6) is 0.460. The van der Waals surface area contributed by atoms with E-state index in [0.29, 0.717) is 16.5 Å². The van der Waals surface area contributed by atoms with Crippen LogP contribution in [-0.2, 0) is 4.79 Å². The van der Waals surface area contributed by atoms with E-state index in [1.54, 1.807) is 36.4 Å². The molecule has 0 spiro atoms. The van der Waals surface area contributed by atoms with Crippen LogP contribution >= 0.6 is 11.6 Å². The molecule has 0 N–H and O–H groups in total. The Labute approximate surface area is 110 Å². The minimum absolute atomic E-state index is 0.158. The fourth-order valence-electron chi connectivity index (χ4n) is 1.34. The van der Waals surface area contributed by atoms with E-state index in [1.807, 2.05) is 18.2 Å². The van der Waals surface area contributed by atoms with Crippen LogP contribution in [0.25, 0.3) is 0 Å². The van der Waals surface area contributed by atoms with Gasteiger partial charge in [0.25, 0.3) is 0 Å². The van der Waals surface area contributed by atoms with Crippen LogP contribution in [0.3, 0.4) is 0 Å². The minimum Gasteiger partial charge on any atom is -0.482 e. The maximum absolute atomic E-state index is 11.5. The number of rotatable bonds is 4. The third-order valence-corrected chi connectivity index (χ3v) is 2.47. The molecule has 2 aromatic rings. The van der Waals surface area contributed by atoms with Gasteiger partial charge in [-0.05, 0) is 24.3 Å². The Hall–Kier alpha value is -2.00. The Kier molecular flexibility index (Phi) is 4.20. The van der Waals surface area contributed by atoms with Crippen molar-refractivity contribution in [2.45, 2.75) is 0 Å². The number of esters is 1. The molecular weight excluding hydrogens is 252 g/mol. The topological polar surface area (TPSA) is 35.5 Å². The first-order chi connectivity index (χ1) is 8.75. The molecule has 0 saturated carbocycles. The number of hydrogen-bond acceptors (Lipinski definition) is 3. The summed E-state index contributed by atoms with van der Waals surface area (Å²) >= 11 is 5.87. The number of ether oxygens (including phenoxy) is 2. The van der Waals surface area contributed by atoms with E-state index in [2.05, 4.69) is 0 Å². The SMILES string of the molecule is O=C(COc1ccccc1)Oc1ccccc1Cl. The van der Waals surface area contributed by atoms with E-state index >= 15 is 0 Å². The van der Waals surface area contributed by atoms with Crippen LogP contribution in [0.2, 0.25) is 5.02 Å². The molecule has 0 bridgehead atoms. The third-order valence-electron chi connectivity index (χ3n) is 2.16. The molecule has 0 unspecified atom stereocenters. The Morgan fingerprint density at radius 1 is 1.00 bits per heavy atom. The molecule has 92 valence electrons. The third kappa shape index (κ3) is 3.50. The van der Waals surface area contributed by atoms with Crippen molar-refractivity contribution in [1.82, 2.24) is 0 Å². The van der Waals surface area contributed by atoms with Crippen molar-refractivity contribution >= 4 is 17.6 Å². The number of para-hydroxylation sites is 2. The standard InChI is InChI=1S/C14H11ClO3/c15-12-8-4-5-9-13(12)18-14(16)10-17-11-6-2-1-3-7-11/h1-9H,10H2. The number of carbonyl (C=O) groups excluding carboxylic acids is 1. The summed E-state index contributed by atoms with van der Waals surface area (Å²) in [7, 11) is 0. The molecule has 0 heterocycles. The van der Waals surface area contributed by atoms with Crippen LogP contribution in [0.5, 0.6) is 11.5 Å². The molecule has 0 radical (unpaired) electrons. The van der Waals surface area contributed by atoms with Gasteiger partial charge in [0, 0.05) is 0 Å². The van der Waals surface area contributed by atoms with Crippen LogP contribution < -0.4 is 9.47 Å². The quantitative estimate of drug-likeness (QED) is 0.626. The largest absolute Gasteiger partial charge is 0.482 e. The van der Waals surface area contributed by atoms with E-state index in [1.165, 1.54) is 0 Å². The fraction of sp³-hybridized carbons (Fsp3) is 0.0714. The van der Waals surface area contributed by atoms with Gasteiger partial charge < -0.3 is 9.47 Å². The van der Waals surface area contributed by atoms with E-state index in [-0.39, 0.29) is 6.61 Å². The van der Waals surface area contributed by atoms with Gasteiger partial charge in [0.2, 0.25) is 0 Å². The first kappa shape index (κ1) is 12.5. The summed E-state index contributed by atoms with van der Waals surface area (Å²) < 4.78 is 10.3. The van der Waals surface area contributed by atoms with E-state index < -0.39 is 5.97 Å². The van der Waals surface area contributed by atoms with Crippen LogP contribution in [0.1, 0.15) is 0 Å². The van der Waals surface area contributed by atoms with Crippen molar-refractivity contribution in [3.05, 3.63) is 59.6 Å². The molecule has 0 atom stereocenters. The van der Waals surface area contributed by atoms with Crippen molar-refractivity contribution < 1.29 is 14.3 Å². The molecule has 0 fully saturated rings. The van der Waals surface area contributed by atoms with Gasteiger partial charge in [-0.1, -0.05) is 41.9 Å². The highest BCUT2D eigenvalue weighted by Gasteiger charge is 2.08. The molecule has 0 saturated heterocycles. The van der Waals surface area contributed by atoms with Crippen LogP contribution in [0, 0.1) is 0 Å². The van der Waals surface area contributed by atoms with Gasteiger partial charge in [0.05, 0.1) is 5.02 Å². The lowest BCUT2D eigenvalue weighted by atomic mass is 10.3. The highest BCUT2D eigenvalue weighted by atomic mass is 35.5. The first-order valence-corrected chi connectivity index (χ1v) is 5.76. The molecule has 2 aromatic carbocycles. The van der Waals surface area contributed by atoms with Gasteiger partial charge in [-0.3, -0.25) is 0 Å². The number of benzene rings is 2. The van der Waals surface area contributed by atoms with Crippen LogP contribution in [-0.4, -0.2) is 12.6 Å². The predicted molar refractivity (Wildman–Crippen MR) is 69.0 cm³/mol. The van der Waals surface area contributed by atoms with Crippen LogP contribution in [0.4, 0.5) is 0 Å². The van der Waals surface area contributed by atoms with Crippen molar-refractivity contribution in [3.63, 3.8) is 0 Å². The summed E-state index contributed by atoms with van der Waals surface area (Å²) in [6.07, 6.45) is 0. The van der Waals surface area contributed by atoms with E-state index in [0.717, 1.165) is 0 Å². The molecule has 0 aliphatic heterocycles. The van der Waals surface area contributed by atoms with Crippen molar-refractivity contribution in [2.75, 3.05) is 6.61 Å². The smallest absolute Gasteiger partial charge is 0.349 e. The van der Waals surface area contributed by atoms with Gasteiger partial charge in [0.15, 0.2) is 6.61 Å². The summed E-state index contributed by atoms with van der Waals surface area (Å²) in [5, 5.41) is 0.394. The van der Waals surface area contributed by atoms with Crippen LogP contribution in [0.15, 0.2) is 54.6 Å². The van der Waals surface area contributed by atoms with Gasteiger partial charge in [-0.15, -0.1) is 0 Å². The highest BCUT2D eigenvalue weighted by molar-refractivity contribution is 6.32. The second kappa shape index (κ2) is 6.07. The second-order valence-corrected chi connectivity index (χ2v) is 3.91. The molecule has 0 aliphatic carbocycles. The lowest BCUT2D eigenvalue weighted by molar-refractivity contribution is -0.136. The maximum atomic E-state index is 11.5. The molecule has 18 heavy (non-hydrogen) atoms. The number of halogens is 1. The lowest BCUT2D eigenvalue weighted by Gasteiger charge is -2.07. The zero-order valence-electron chi connectivity index (χ0n) is 9.51. The highest BCUT2D eigenvalue weighted by Crippen LogP contribution is 2.23. The number of hydrogen-bond donors (Lipinski definition) is 0. The Balaban J connectivity index is 1.88. The molecule has 0 aromatic heterocycles. The van der Waals surface area contributed by atoms with Crippen molar-refractivity contribution in [1.29, 1.82) is 0 Å². The van der Waals surface area contributed by atoms with Crippen molar-refractivity contribution in [3.8, 4) is 11.5 Å². The Morgan fingerprint density at radius 3 is 2.39 bits per heavy atom. The molecule has 0 amide bonds. The average molecular weight is 263 g/mol. The Bertz CT molecular complexity index is 526. The zero-order valence-corrected chi connectivity index (χ0v) is 10.3. The van der Waals surface area contributed by atoms with Gasteiger partial charge in [-0.25, -0.2) is 4.79 Å². The van der Waals surface area contributed by atoms with E-state index in [4.69, 9.17) is 21.1 Å². The summed E-state index contributed by atoms with van der Waals surface area (Å²) in [4.78, 5) is 11.5. The maximum Gasteiger partial charge on any atom is 0.349 e. The summed E-state index contributed by atoms with van der Waals surface area (Å²) in [6.45, 7) is -0.158. The molecule has 2 rings (SSSR count). The zero-order chi connectivity index (χ0) is 12.8. The second-order valence-electron chi connectivity index (χ2n) is 3.51. The van der Waals surface area contributed by atoms with Gasteiger partial charge in [-0.2, -0.15) is 0 Å². The average Bonchev–Trinajstić information content (AvgIpc) is 2.40. The molecular formula is C14H11ClO3. The molecule has 3 nitrogen and oxygen atoms in total. The lowest BCUT2D eigenvalue weighted by Crippen LogP contribution is -2.17. The summed E-state index contributed by atoms with van der Waals surface area (Å²) in [5.41, 5.74) is 0. The van der Waals surface area contributed by atoms with E-state index in [9.17, 15) is 4.79 Å². The Morgan fingerprint density at radius 2 is 1.67 bits per heavy atom. The minimum atomic E-state index is -0.494. The molecule has 4 heteroatoms.